The minimum Gasteiger partial charge on any atom is -0.502 e. The van der Waals surface area contributed by atoms with Gasteiger partial charge in [0.2, 0.25) is 0 Å². The van der Waals surface area contributed by atoms with Crippen LogP contribution >= 0.6 is 7.92 Å². The molecule has 41 heavy (non-hydrogen) atoms. The third-order valence-corrected chi connectivity index (χ3v) is 9.86. The van der Waals surface area contributed by atoms with E-state index >= 15 is 0 Å². The number of benzene rings is 3. The van der Waals surface area contributed by atoms with Gasteiger partial charge in [-0.2, -0.15) is 4.57 Å². The summed E-state index contributed by atoms with van der Waals surface area (Å²) >= 11 is 0. The molecule has 0 radical (unpaired) electrons. The molecule has 0 fully saturated rings. The molecule has 0 saturated heterocycles. The van der Waals surface area contributed by atoms with Crippen LogP contribution in [0, 0.1) is 20.8 Å². The third-order valence-electron chi connectivity index (χ3n) is 7.26. The largest absolute Gasteiger partial charge is 0.502 e. The van der Waals surface area contributed by atoms with Crippen molar-refractivity contribution in [2.75, 3.05) is 28.4 Å². The van der Waals surface area contributed by atoms with E-state index in [1.165, 1.54) is 5.56 Å². The number of aromatic hydroxyl groups is 1. The third kappa shape index (κ3) is 5.99. The lowest BCUT2D eigenvalue weighted by molar-refractivity contribution is -0.610. The highest BCUT2D eigenvalue weighted by Gasteiger charge is 2.35. The van der Waals surface area contributed by atoms with Crippen molar-refractivity contribution in [3.8, 4) is 34.4 Å². The molecule has 1 aromatic heterocycles. The minimum atomic E-state index is -1.50. The summed E-state index contributed by atoms with van der Waals surface area (Å²) in [6.07, 6.45) is 2.99. The first kappa shape index (κ1) is 30.2. The summed E-state index contributed by atoms with van der Waals surface area (Å²) in [5.74, 6) is 2.87. The Morgan fingerprint density at radius 2 is 1.17 bits per heavy atom. The van der Waals surface area contributed by atoms with Crippen molar-refractivity contribution in [1.82, 2.24) is 0 Å². The van der Waals surface area contributed by atoms with Crippen molar-refractivity contribution < 1.29 is 28.6 Å². The molecular weight excluding hydrogens is 533 g/mol. The molecule has 0 amide bonds. The standard InChI is InChI=1S/C34H40NO5P/c1-9-10-13-25-20-26(35-23(3)18-22(2)19-24(35)4)32(36)31(21-25)41(33-27(37-5)14-11-15-28(33)38-6)34-29(39-7)16-12-17-30(34)40-8/h11-12,14-21H,9-10,13H2,1-8H3/p+1. The highest BCUT2D eigenvalue weighted by molar-refractivity contribution is 7.80. The second-order valence-corrected chi connectivity index (χ2v) is 12.1. The number of hydrogen-bond acceptors (Lipinski definition) is 5. The number of rotatable bonds is 11. The molecule has 4 rings (SSSR count). The molecule has 6 nitrogen and oxygen atoms in total. The van der Waals surface area contributed by atoms with E-state index in [1.807, 2.05) is 36.4 Å². The number of unbranched alkanes of at least 4 members (excludes halogenated alkanes) is 1. The first-order chi connectivity index (χ1) is 19.8. The number of aromatic nitrogens is 1. The summed E-state index contributed by atoms with van der Waals surface area (Å²) in [7, 11) is 5.12. The average molecular weight is 575 g/mol. The summed E-state index contributed by atoms with van der Waals surface area (Å²) < 4.78 is 25.8. The quantitative estimate of drug-likeness (QED) is 0.183. The maximum absolute atomic E-state index is 12.3. The van der Waals surface area contributed by atoms with Crippen molar-refractivity contribution in [3.05, 3.63) is 83.2 Å². The van der Waals surface area contributed by atoms with Gasteiger partial charge in [-0.05, 0) is 61.2 Å². The topological polar surface area (TPSA) is 61.0 Å². The van der Waals surface area contributed by atoms with Crippen LogP contribution in [0.2, 0.25) is 0 Å². The number of pyridine rings is 1. The minimum absolute atomic E-state index is 0.206. The highest BCUT2D eigenvalue weighted by Crippen LogP contribution is 2.48. The molecule has 0 aliphatic heterocycles. The predicted octanol–water partition coefficient (Wildman–Crippen LogP) is 5.73. The molecule has 0 spiro atoms. The summed E-state index contributed by atoms with van der Waals surface area (Å²) in [6, 6.07) is 20.1. The van der Waals surface area contributed by atoms with Crippen molar-refractivity contribution >= 4 is 23.8 Å². The van der Waals surface area contributed by atoms with Gasteiger partial charge in [-0.3, -0.25) is 0 Å². The number of aryl methyl sites for hydroxylation is 4. The lowest BCUT2D eigenvalue weighted by Gasteiger charge is -2.27. The number of methoxy groups -OCH3 is 4. The Kier molecular flexibility index (Phi) is 9.77. The number of hydrogen-bond donors (Lipinski definition) is 1. The van der Waals surface area contributed by atoms with Crippen LogP contribution in [0.4, 0.5) is 0 Å². The zero-order valence-corrected chi connectivity index (χ0v) is 26.3. The molecule has 7 heteroatoms. The van der Waals surface area contributed by atoms with E-state index in [1.54, 1.807) is 28.4 Å². The van der Waals surface area contributed by atoms with Crippen LogP contribution in [0.5, 0.6) is 28.7 Å². The van der Waals surface area contributed by atoms with Gasteiger partial charge in [0.15, 0.2) is 17.1 Å². The van der Waals surface area contributed by atoms with Crippen LogP contribution in [-0.2, 0) is 6.42 Å². The van der Waals surface area contributed by atoms with Gasteiger partial charge in [0, 0.05) is 45.3 Å². The number of nitrogens with zero attached hydrogens (tertiary/aromatic N) is 1. The summed E-state index contributed by atoms with van der Waals surface area (Å²) in [5.41, 5.74) is 5.17. The van der Waals surface area contributed by atoms with Crippen LogP contribution in [0.1, 0.15) is 42.3 Å². The van der Waals surface area contributed by atoms with Gasteiger partial charge in [0.1, 0.15) is 23.0 Å². The fourth-order valence-electron chi connectivity index (χ4n) is 5.47. The van der Waals surface area contributed by atoms with Crippen molar-refractivity contribution in [2.24, 2.45) is 0 Å². The van der Waals surface area contributed by atoms with Gasteiger partial charge in [-0.15, -0.1) is 0 Å². The summed E-state index contributed by atoms with van der Waals surface area (Å²) in [6.45, 7) is 8.44. The van der Waals surface area contributed by atoms with E-state index in [4.69, 9.17) is 18.9 Å². The van der Waals surface area contributed by atoms with Crippen molar-refractivity contribution in [1.29, 1.82) is 0 Å². The Morgan fingerprint density at radius 3 is 1.59 bits per heavy atom. The van der Waals surface area contributed by atoms with Gasteiger partial charge in [0.05, 0.1) is 39.0 Å². The van der Waals surface area contributed by atoms with Crippen molar-refractivity contribution in [3.63, 3.8) is 0 Å². The molecule has 0 unspecified atom stereocenters. The van der Waals surface area contributed by atoms with E-state index < -0.39 is 7.92 Å². The molecule has 0 atom stereocenters. The maximum atomic E-state index is 12.3. The fourth-order valence-corrected chi connectivity index (χ4v) is 8.34. The Hall–Kier alpha value is -3.76. The average Bonchev–Trinajstić information content (AvgIpc) is 2.97. The predicted molar refractivity (Wildman–Crippen MR) is 167 cm³/mol. The van der Waals surface area contributed by atoms with Crippen LogP contribution in [-0.4, -0.2) is 33.5 Å². The normalized spacial score (nSPS) is 11.0. The van der Waals surface area contributed by atoms with Crippen LogP contribution in [0.25, 0.3) is 5.69 Å². The summed E-state index contributed by atoms with van der Waals surface area (Å²) in [5, 5.41) is 14.7. The lowest BCUT2D eigenvalue weighted by atomic mass is 10.1. The zero-order chi connectivity index (χ0) is 29.7. The molecule has 1 N–H and O–H groups in total. The van der Waals surface area contributed by atoms with Crippen molar-refractivity contribution in [2.45, 2.75) is 47.0 Å². The molecule has 4 aromatic rings. The van der Waals surface area contributed by atoms with E-state index in [0.717, 1.165) is 57.8 Å². The molecule has 1 heterocycles. The van der Waals surface area contributed by atoms with E-state index in [0.29, 0.717) is 23.0 Å². The van der Waals surface area contributed by atoms with Gasteiger partial charge in [0.25, 0.3) is 5.69 Å². The van der Waals surface area contributed by atoms with E-state index in [9.17, 15) is 5.11 Å². The van der Waals surface area contributed by atoms with E-state index in [-0.39, 0.29) is 5.75 Å². The number of ether oxygens (including phenoxy) is 4. The van der Waals surface area contributed by atoms with Gasteiger partial charge in [-0.25, -0.2) is 0 Å². The lowest BCUT2D eigenvalue weighted by Crippen LogP contribution is -2.39. The summed E-state index contributed by atoms with van der Waals surface area (Å²) in [4.78, 5) is 0. The van der Waals surface area contributed by atoms with Crippen LogP contribution < -0.4 is 39.4 Å². The van der Waals surface area contributed by atoms with Crippen LogP contribution in [0.3, 0.4) is 0 Å². The first-order valence-electron chi connectivity index (χ1n) is 13.9. The Morgan fingerprint density at radius 1 is 0.707 bits per heavy atom. The number of phenols is 1. The first-order valence-corrected chi connectivity index (χ1v) is 15.2. The monoisotopic (exact) mass is 574 g/mol. The Labute approximate surface area is 245 Å². The zero-order valence-electron chi connectivity index (χ0n) is 25.4. The molecule has 0 aliphatic rings. The van der Waals surface area contributed by atoms with E-state index in [2.05, 4.69) is 56.5 Å². The molecular formula is C34H41NO5P+. The number of phenolic OH excluding ortho intramolecular Hbond substituents is 1. The Balaban J connectivity index is 2.19. The second kappa shape index (κ2) is 13.3. The highest BCUT2D eigenvalue weighted by atomic mass is 31.1. The fraction of sp³-hybridized carbons (Fsp3) is 0.324. The molecule has 0 saturated carbocycles. The van der Waals surface area contributed by atoms with Gasteiger partial charge < -0.3 is 24.1 Å². The molecule has 0 aliphatic carbocycles. The van der Waals surface area contributed by atoms with Crippen LogP contribution in [0.15, 0.2) is 60.7 Å². The van der Waals surface area contributed by atoms with Gasteiger partial charge >= 0.3 is 0 Å². The molecule has 216 valence electrons. The maximum Gasteiger partial charge on any atom is 0.254 e. The Bertz CT molecular complexity index is 1410. The van der Waals surface area contributed by atoms with Gasteiger partial charge in [-0.1, -0.05) is 25.5 Å². The molecule has 0 bridgehead atoms. The SMILES string of the molecule is CCCCc1cc(-[n+]2c(C)cc(C)cc2C)c(O)c(P(c2c(OC)cccc2OC)c2c(OC)cccc2OC)c1. The molecule has 3 aromatic carbocycles. The second-order valence-electron chi connectivity index (χ2n) is 10.1. The smallest absolute Gasteiger partial charge is 0.254 e.